The molecule has 0 fully saturated rings. The lowest BCUT2D eigenvalue weighted by atomic mass is 9.96. The Hall–Kier alpha value is -2.95. The van der Waals surface area contributed by atoms with Gasteiger partial charge in [-0.15, -0.1) is 0 Å². The molecule has 0 radical (unpaired) electrons. The zero-order valence-corrected chi connectivity index (χ0v) is 14.1. The molecule has 0 aliphatic rings. The molecule has 1 N–H and O–H groups in total. The van der Waals surface area contributed by atoms with Crippen molar-refractivity contribution in [2.24, 2.45) is 0 Å². The van der Waals surface area contributed by atoms with Gasteiger partial charge in [0, 0.05) is 5.57 Å². The van der Waals surface area contributed by atoms with E-state index in [2.05, 4.69) is 0 Å². The first-order chi connectivity index (χ1) is 11.5. The van der Waals surface area contributed by atoms with Crippen LogP contribution in [0.3, 0.4) is 0 Å². The van der Waals surface area contributed by atoms with Gasteiger partial charge in [0.05, 0.1) is 21.3 Å². The number of aldehydes is 1. The van der Waals surface area contributed by atoms with Gasteiger partial charge >= 0.3 is 0 Å². The minimum atomic E-state index is 0.141. The summed E-state index contributed by atoms with van der Waals surface area (Å²) >= 11 is 0. The second kappa shape index (κ2) is 7.55. The summed E-state index contributed by atoms with van der Waals surface area (Å²) in [6.45, 7) is 1.82. The molecule has 0 bridgehead atoms. The highest BCUT2D eigenvalue weighted by molar-refractivity contribution is 6.17. The maximum atomic E-state index is 11.7. The van der Waals surface area contributed by atoms with E-state index in [9.17, 15) is 9.90 Å². The molecule has 0 spiro atoms. The van der Waals surface area contributed by atoms with Crippen LogP contribution in [0.4, 0.5) is 0 Å². The van der Waals surface area contributed by atoms with Crippen LogP contribution in [0, 0.1) is 0 Å². The summed E-state index contributed by atoms with van der Waals surface area (Å²) in [6.07, 6.45) is 0.778. The molecule has 0 atom stereocenters. The molecule has 2 aromatic rings. The van der Waals surface area contributed by atoms with Gasteiger partial charge in [0.2, 0.25) is 5.75 Å². The molecule has 5 heteroatoms. The maximum Gasteiger partial charge on any atom is 0.203 e. The van der Waals surface area contributed by atoms with Gasteiger partial charge in [0.1, 0.15) is 5.75 Å². The highest BCUT2D eigenvalue weighted by Gasteiger charge is 2.16. The van der Waals surface area contributed by atoms with E-state index in [1.165, 1.54) is 21.3 Å². The highest BCUT2D eigenvalue weighted by atomic mass is 16.5. The number of methoxy groups -OCH3 is 3. The minimum absolute atomic E-state index is 0.141. The Bertz CT molecular complexity index is 752. The molecular weight excluding hydrogens is 308 g/mol. The fourth-order valence-electron chi connectivity index (χ4n) is 2.50. The second-order valence-electron chi connectivity index (χ2n) is 5.12. The maximum absolute atomic E-state index is 11.7. The van der Waals surface area contributed by atoms with Gasteiger partial charge in [-0.3, -0.25) is 4.79 Å². The molecule has 126 valence electrons. The number of hydrogen-bond acceptors (Lipinski definition) is 5. The molecule has 0 saturated carbocycles. The highest BCUT2D eigenvalue weighted by Crippen LogP contribution is 2.40. The number of hydrogen-bond donors (Lipinski definition) is 1. The lowest BCUT2D eigenvalue weighted by Gasteiger charge is -2.15. The number of phenolic OH excluding ortho intramolecular Hbond substituents is 1. The normalized spacial score (nSPS) is 11.5. The summed E-state index contributed by atoms with van der Waals surface area (Å²) in [4.78, 5) is 11.7. The van der Waals surface area contributed by atoms with Gasteiger partial charge < -0.3 is 19.3 Å². The van der Waals surface area contributed by atoms with Gasteiger partial charge in [-0.2, -0.15) is 0 Å². The Kier molecular flexibility index (Phi) is 5.47. The molecule has 2 aromatic carbocycles. The molecule has 0 saturated heterocycles. The van der Waals surface area contributed by atoms with Crippen LogP contribution in [-0.4, -0.2) is 32.7 Å². The summed E-state index contributed by atoms with van der Waals surface area (Å²) < 4.78 is 16.0. The van der Waals surface area contributed by atoms with Crippen LogP contribution in [0.1, 0.15) is 18.1 Å². The van der Waals surface area contributed by atoms with E-state index in [0.717, 1.165) is 17.4 Å². The first-order valence-corrected chi connectivity index (χ1v) is 7.31. The SMILES string of the molecule is COc1cc(C(C=O)=C(C)c2cccc(O)c2)cc(OC)c1OC. The van der Waals surface area contributed by atoms with E-state index in [1.54, 1.807) is 30.3 Å². The molecule has 0 aliphatic carbocycles. The number of ether oxygens (including phenoxy) is 3. The molecule has 0 unspecified atom stereocenters. The van der Waals surface area contributed by atoms with Crippen molar-refractivity contribution in [2.45, 2.75) is 6.92 Å². The topological polar surface area (TPSA) is 65.0 Å². The van der Waals surface area contributed by atoms with Crippen LogP contribution in [0.2, 0.25) is 0 Å². The number of carbonyl (C=O) groups excluding carboxylic acids is 1. The van der Waals surface area contributed by atoms with Crippen molar-refractivity contribution in [1.29, 1.82) is 0 Å². The third-order valence-electron chi connectivity index (χ3n) is 3.78. The average molecular weight is 328 g/mol. The molecule has 5 nitrogen and oxygen atoms in total. The Morgan fingerprint density at radius 2 is 1.58 bits per heavy atom. The lowest BCUT2D eigenvalue weighted by molar-refractivity contribution is -0.103. The second-order valence-corrected chi connectivity index (χ2v) is 5.12. The van der Waals surface area contributed by atoms with Gasteiger partial charge in [-0.25, -0.2) is 0 Å². The van der Waals surface area contributed by atoms with Crippen molar-refractivity contribution in [3.8, 4) is 23.0 Å². The fourth-order valence-corrected chi connectivity index (χ4v) is 2.50. The van der Waals surface area contributed by atoms with Crippen LogP contribution in [0.25, 0.3) is 11.1 Å². The van der Waals surface area contributed by atoms with E-state index in [0.29, 0.717) is 28.4 Å². The molecular formula is C19H20O5. The predicted octanol–water partition coefficient (Wildman–Crippen LogP) is 3.55. The van der Waals surface area contributed by atoms with Crippen LogP contribution in [0.15, 0.2) is 36.4 Å². The number of carbonyl (C=O) groups is 1. The Labute approximate surface area is 141 Å². The Balaban J connectivity index is 2.66. The molecule has 24 heavy (non-hydrogen) atoms. The minimum Gasteiger partial charge on any atom is -0.508 e. The van der Waals surface area contributed by atoms with E-state index in [-0.39, 0.29) is 5.75 Å². The summed E-state index contributed by atoms with van der Waals surface area (Å²) in [5.74, 6) is 1.54. The van der Waals surface area contributed by atoms with E-state index in [1.807, 2.05) is 13.0 Å². The number of aromatic hydroxyl groups is 1. The summed E-state index contributed by atoms with van der Waals surface area (Å²) in [5, 5.41) is 9.65. The quantitative estimate of drug-likeness (QED) is 0.499. The van der Waals surface area contributed by atoms with E-state index < -0.39 is 0 Å². The number of rotatable bonds is 6. The number of benzene rings is 2. The average Bonchev–Trinajstić information content (AvgIpc) is 2.61. The van der Waals surface area contributed by atoms with Crippen LogP contribution < -0.4 is 14.2 Å². The lowest BCUT2D eigenvalue weighted by Crippen LogP contribution is -1.98. The van der Waals surface area contributed by atoms with Crippen LogP contribution >= 0.6 is 0 Å². The first-order valence-electron chi connectivity index (χ1n) is 7.31. The predicted molar refractivity (Wildman–Crippen MR) is 92.8 cm³/mol. The zero-order valence-electron chi connectivity index (χ0n) is 14.1. The van der Waals surface area contributed by atoms with Gasteiger partial charge in [0.15, 0.2) is 17.8 Å². The van der Waals surface area contributed by atoms with Crippen LogP contribution in [0.5, 0.6) is 23.0 Å². The van der Waals surface area contributed by atoms with Crippen molar-refractivity contribution in [3.63, 3.8) is 0 Å². The smallest absolute Gasteiger partial charge is 0.203 e. The zero-order chi connectivity index (χ0) is 17.7. The van der Waals surface area contributed by atoms with Crippen molar-refractivity contribution < 1.29 is 24.1 Å². The van der Waals surface area contributed by atoms with Gasteiger partial charge in [-0.1, -0.05) is 12.1 Å². The largest absolute Gasteiger partial charge is 0.508 e. The van der Waals surface area contributed by atoms with Crippen LogP contribution in [-0.2, 0) is 4.79 Å². The summed E-state index contributed by atoms with van der Waals surface area (Å²) in [7, 11) is 4.56. The van der Waals surface area contributed by atoms with Gasteiger partial charge in [0.25, 0.3) is 0 Å². The third kappa shape index (κ3) is 3.35. The Morgan fingerprint density at radius 1 is 0.958 bits per heavy atom. The Morgan fingerprint density at radius 3 is 2.04 bits per heavy atom. The van der Waals surface area contributed by atoms with Crippen molar-refractivity contribution in [1.82, 2.24) is 0 Å². The van der Waals surface area contributed by atoms with Crippen molar-refractivity contribution in [2.75, 3.05) is 21.3 Å². The van der Waals surface area contributed by atoms with E-state index in [4.69, 9.17) is 14.2 Å². The van der Waals surface area contributed by atoms with Gasteiger partial charge in [-0.05, 0) is 47.9 Å². The number of allylic oxidation sites excluding steroid dienone is 2. The monoisotopic (exact) mass is 328 g/mol. The molecule has 0 heterocycles. The fraction of sp³-hybridized carbons (Fsp3) is 0.211. The summed E-state index contributed by atoms with van der Waals surface area (Å²) in [5.41, 5.74) is 2.60. The molecule has 0 aliphatic heterocycles. The standard InChI is InChI=1S/C19H20O5/c1-12(13-6-5-7-15(21)8-13)16(11-20)14-9-17(22-2)19(24-4)18(10-14)23-3/h5-11,21H,1-4H3. The third-order valence-corrected chi connectivity index (χ3v) is 3.78. The summed E-state index contributed by atoms with van der Waals surface area (Å²) in [6, 6.07) is 10.2. The van der Waals surface area contributed by atoms with Crippen molar-refractivity contribution >= 4 is 17.4 Å². The molecule has 0 amide bonds. The van der Waals surface area contributed by atoms with E-state index >= 15 is 0 Å². The molecule has 2 rings (SSSR count). The number of phenols is 1. The molecule has 0 aromatic heterocycles. The first kappa shape index (κ1) is 17.4. The van der Waals surface area contributed by atoms with Crippen molar-refractivity contribution in [3.05, 3.63) is 47.5 Å².